The number of anilines is 1. The first-order valence-corrected chi connectivity index (χ1v) is 7.19. The average molecular weight is 332 g/mol. The second-order valence-electron chi connectivity index (χ2n) is 3.83. The second kappa shape index (κ2) is 5.38. The van der Waals surface area contributed by atoms with Gasteiger partial charge in [-0.25, -0.2) is 4.98 Å². The first-order chi connectivity index (χ1) is 8.06. The van der Waals surface area contributed by atoms with Crippen LogP contribution in [0.25, 0.3) is 0 Å². The van der Waals surface area contributed by atoms with Crippen molar-refractivity contribution in [2.75, 3.05) is 5.32 Å². The molecule has 0 aliphatic heterocycles. The SMILES string of the molecule is Cc1cc(NC(C)c2ccc(Cl)s2)ncc1Br. The maximum absolute atomic E-state index is 5.92. The van der Waals surface area contributed by atoms with Crippen molar-refractivity contribution in [2.45, 2.75) is 19.9 Å². The summed E-state index contributed by atoms with van der Waals surface area (Å²) < 4.78 is 1.84. The molecule has 1 N–H and O–H groups in total. The zero-order valence-corrected chi connectivity index (χ0v) is 12.7. The standard InChI is InChI=1S/C12H12BrClN2S/c1-7-5-12(15-6-9(7)13)16-8(2)10-3-4-11(14)17-10/h3-6,8H,1-2H3,(H,15,16). The average Bonchev–Trinajstić information content (AvgIpc) is 2.70. The molecule has 0 aliphatic rings. The smallest absolute Gasteiger partial charge is 0.126 e. The van der Waals surface area contributed by atoms with E-state index in [2.05, 4.69) is 33.2 Å². The lowest BCUT2D eigenvalue weighted by Crippen LogP contribution is -2.06. The summed E-state index contributed by atoms with van der Waals surface area (Å²) in [5, 5.41) is 3.36. The van der Waals surface area contributed by atoms with Crippen LogP contribution in [0.2, 0.25) is 4.34 Å². The number of hydrogen-bond donors (Lipinski definition) is 1. The van der Waals surface area contributed by atoms with Crippen LogP contribution < -0.4 is 5.32 Å². The van der Waals surface area contributed by atoms with E-state index in [0.29, 0.717) is 0 Å². The van der Waals surface area contributed by atoms with Gasteiger partial charge in [-0.05, 0) is 53.5 Å². The number of halogens is 2. The van der Waals surface area contributed by atoms with Crippen molar-refractivity contribution in [2.24, 2.45) is 0 Å². The zero-order valence-electron chi connectivity index (χ0n) is 9.50. The summed E-state index contributed by atoms with van der Waals surface area (Å²) >= 11 is 10.9. The highest BCUT2D eigenvalue weighted by atomic mass is 79.9. The summed E-state index contributed by atoms with van der Waals surface area (Å²) in [5.41, 5.74) is 1.17. The van der Waals surface area contributed by atoms with Gasteiger partial charge >= 0.3 is 0 Å². The van der Waals surface area contributed by atoms with Crippen LogP contribution in [-0.2, 0) is 0 Å². The minimum atomic E-state index is 0.209. The minimum absolute atomic E-state index is 0.209. The van der Waals surface area contributed by atoms with Crippen molar-refractivity contribution in [1.29, 1.82) is 0 Å². The van der Waals surface area contributed by atoms with Gasteiger partial charge in [-0.1, -0.05) is 11.6 Å². The van der Waals surface area contributed by atoms with Crippen molar-refractivity contribution in [1.82, 2.24) is 4.98 Å². The van der Waals surface area contributed by atoms with E-state index in [0.717, 1.165) is 14.6 Å². The predicted octanol–water partition coefficient (Wildman–Crippen LogP) is 5.04. The maximum atomic E-state index is 5.92. The van der Waals surface area contributed by atoms with E-state index in [1.54, 1.807) is 11.3 Å². The van der Waals surface area contributed by atoms with Crippen LogP contribution >= 0.6 is 38.9 Å². The highest BCUT2D eigenvalue weighted by molar-refractivity contribution is 9.10. The number of aromatic nitrogens is 1. The van der Waals surface area contributed by atoms with Gasteiger partial charge in [0.05, 0.1) is 10.4 Å². The molecule has 17 heavy (non-hydrogen) atoms. The number of nitrogens with one attached hydrogen (secondary N) is 1. The molecule has 0 bridgehead atoms. The van der Waals surface area contributed by atoms with E-state index in [9.17, 15) is 0 Å². The Bertz CT molecular complexity index is 527. The van der Waals surface area contributed by atoms with Crippen molar-refractivity contribution in [3.8, 4) is 0 Å². The van der Waals surface area contributed by atoms with E-state index in [-0.39, 0.29) is 6.04 Å². The third kappa shape index (κ3) is 3.21. The monoisotopic (exact) mass is 330 g/mol. The van der Waals surface area contributed by atoms with Crippen LogP contribution in [0.3, 0.4) is 0 Å². The van der Waals surface area contributed by atoms with Gasteiger partial charge in [0.1, 0.15) is 5.82 Å². The Balaban J connectivity index is 2.12. The fourth-order valence-corrected chi connectivity index (χ4v) is 2.75. The lowest BCUT2D eigenvalue weighted by molar-refractivity contribution is 0.895. The van der Waals surface area contributed by atoms with Gasteiger partial charge in [0.2, 0.25) is 0 Å². The number of hydrogen-bond acceptors (Lipinski definition) is 3. The van der Waals surface area contributed by atoms with Gasteiger partial charge in [0, 0.05) is 15.5 Å². The number of nitrogens with zero attached hydrogens (tertiary/aromatic N) is 1. The molecule has 2 aromatic rings. The van der Waals surface area contributed by atoms with Crippen molar-refractivity contribution >= 4 is 44.7 Å². The molecule has 0 radical (unpaired) electrons. The summed E-state index contributed by atoms with van der Waals surface area (Å²) in [6.07, 6.45) is 1.81. The van der Waals surface area contributed by atoms with E-state index in [1.165, 1.54) is 10.4 Å². The number of pyridine rings is 1. The highest BCUT2D eigenvalue weighted by Crippen LogP contribution is 2.29. The lowest BCUT2D eigenvalue weighted by atomic mass is 10.2. The van der Waals surface area contributed by atoms with Crippen LogP contribution in [0.4, 0.5) is 5.82 Å². The van der Waals surface area contributed by atoms with E-state index in [4.69, 9.17) is 11.6 Å². The van der Waals surface area contributed by atoms with E-state index in [1.807, 2.05) is 31.3 Å². The Morgan fingerprint density at radius 3 is 2.82 bits per heavy atom. The molecule has 2 rings (SSSR count). The molecule has 2 aromatic heterocycles. The molecule has 2 nitrogen and oxygen atoms in total. The molecule has 0 saturated carbocycles. The zero-order chi connectivity index (χ0) is 12.4. The van der Waals surface area contributed by atoms with E-state index >= 15 is 0 Å². The number of rotatable bonds is 3. The van der Waals surface area contributed by atoms with Gasteiger partial charge in [0.15, 0.2) is 0 Å². The minimum Gasteiger partial charge on any atom is -0.363 e. The topological polar surface area (TPSA) is 24.9 Å². The fraction of sp³-hybridized carbons (Fsp3) is 0.250. The van der Waals surface area contributed by atoms with Gasteiger partial charge in [-0.2, -0.15) is 0 Å². The van der Waals surface area contributed by atoms with E-state index < -0.39 is 0 Å². The number of aryl methyl sites for hydroxylation is 1. The second-order valence-corrected chi connectivity index (χ2v) is 6.43. The molecule has 0 amide bonds. The Morgan fingerprint density at radius 2 is 2.24 bits per heavy atom. The molecule has 0 spiro atoms. The van der Waals surface area contributed by atoms with Crippen molar-refractivity contribution < 1.29 is 0 Å². The predicted molar refractivity (Wildman–Crippen MR) is 78.0 cm³/mol. The van der Waals surface area contributed by atoms with Crippen LogP contribution in [0.1, 0.15) is 23.4 Å². The van der Waals surface area contributed by atoms with Gasteiger partial charge < -0.3 is 5.32 Å². The molecule has 0 aliphatic carbocycles. The molecule has 0 saturated heterocycles. The molecular weight excluding hydrogens is 320 g/mol. The Kier molecular flexibility index (Phi) is 4.07. The summed E-state index contributed by atoms with van der Waals surface area (Å²) in [6.45, 7) is 4.14. The molecule has 1 atom stereocenters. The van der Waals surface area contributed by atoms with Gasteiger partial charge in [0.25, 0.3) is 0 Å². The molecule has 5 heteroatoms. The van der Waals surface area contributed by atoms with Crippen LogP contribution in [0, 0.1) is 6.92 Å². The fourth-order valence-electron chi connectivity index (χ4n) is 1.47. The summed E-state index contributed by atoms with van der Waals surface area (Å²) in [6, 6.07) is 6.19. The quantitative estimate of drug-likeness (QED) is 0.852. The van der Waals surface area contributed by atoms with Crippen molar-refractivity contribution in [3.05, 3.63) is 43.6 Å². The summed E-state index contributed by atoms with van der Waals surface area (Å²) in [7, 11) is 0. The third-order valence-electron chi connectivity index (χ3n) is 2.43. The maximum Gasteiger partial charge on any atom is 0.126 e. The summed E-state index contributed by atoms with van der Waals surface area (Å²) in [5.74, 6) is 0.878. The molecule has 2 heterocycles. The van der Waals surface area contributed by atoms with Crippen LogP contribution in [-0.4, -0.2) is 4.98 Å². The molecule has 90 valence electrons. The van der Waals surface area contributed by atoms with Gasteiger partial charge in [-0.3, -0.25) is 0 Å². The third-order valence-corrected chi connectivity index (χ3v) is 4.68. The highest BCUT2D eigenvalue weighted by Gasteiger charge is 2.09. The molecule has 0 aromatic carbocycles. The Morgan fingerprint density at radius 1 is 1.47 bits per heavy atom. The Labute approximate surface area is 118 Å². The lowest BCUT2D eigenvalue weighted by Gasteiger charge is -2.13. The molecular formula is C12H12BrClN2S. The first kappa shape index (κ1) is 12.9. The first-order valence-electron chi connectivity index (χ1n) is 5.20. The molecule has 1 unspecified atom stereocenters. The van der Waals surface area contributed by atoms with Crippen LogP contribution in [0.5, 0.6) is 0 Å². The molecule has 0 fully saturated rings. The van der Waals surface area contributed by atoms with Gasteiger partial charge in [-0.15, -0.1) is 11.3 Å². The summed E-state index contributed by atoms with van der Waals surface area (Å²) in [4.78, 5) is 5.53. The largest absolute Gasteiger partial charge is 0.363 e. The Hall–Kier alpha value is -0.580. The number of thiophene rings is 1. The van der Waals surface area contributed by atoms with Crippen LogP contribution in [0.15, 0.2) is 28.9 Å². The normalized spacial score (nSPS) is 12.5. The van der Waals surface area contributed by atoms with Crippen molar-refractivity contribution in [3.63, 3.8) is 0 Å².